The maximum absolute atomic E-state index is 12.8. The van der Waals surface area contributed by atoms with E-state index in [1.165, 1.54) is 24.3 Å². The fraction of sp³-hybridized carbons (Fsp3) is 0.500. The number of likely N-dealkylation sites (tertiary alicyclic amines) is 1. The van der Waals surface area contributed by atoms with E-state index in [1.807, 2.05) is 11.8 Å². The van der Waals surface area contributed by atoms with Crippen LogP contribution in [0.3, 0.4) is 0 Å². The summed E-state index contributed by atoms with van der Waals surface area (Å²) in [5.41, 5.74) is 6.09. The van der Waals surface area contributed by atoms with Crippen molar-refractivity contribution in [1.29, 1.82) is 0 Å². The minimum absolute atomic E-state index is 0. The first-order valence-electron chi connectivity index (χ1n) is 7.29. The van der Waals surface area contributed by atoms with Crippen LogP contribution in [0.25, 0.3) is 0 Å². The van der Waals surface area contributed by atoms with E-state index in [4.69, 9.17) is 5.73 Å². The number of benzene rings is 1. The summed E-state index contributed by atoms with van der Waals surface area (Å²) in [5, 5.41) is 0. The van der Waals surface area contributed by atoms with Crippen molar-refractivity contribution < 1.29 is 14.0 Å². The molecular weight excluding hydrogens is 307 g/mol. The van der Waals surface area contributed by atoms with Gasteiger partial charge in [-0.25, -0.2) is 4.39 Å². The van der Waals surface area contributed by atoms with Gasteiger partial charge in [-0.15, -0.1) is 12.4 Å². The van der Waals surface area contributed by atoms with Crippen molar-refractivity contribution in [2.24, 2.45) is 11.7 Å². The van der Waals surface area contributed by atoms with Crippen molar-refractivity contribution >= 4 is 24.1 Å². The fourth-order valence-corrected chi connectivity index (χ4v) is 2.80. The molecule has 22 heavy (non-hydrogen) atoms. The van der Waals surface area contributed by atoms with E-state index in [9.17, 15) is 14.0 Å². The Morgan fingerprint density at radius 3 is 2.45 bits per heavy atom. The number of ketones is 1. The van der Waals surface area contributed by atoms with E-state index in [2.05, 4.69) is 0 Å². The Labute approximate surface area is 136 Å². The number of carbonyl (C=O) groups excluding carboxylic acids is 2. The van der Waals surface area contributed by atoms with E-state index in [0.717, 1.165) is 6.42 Å². The molecule has 2 atom stereocenters. The molecule has 4 nitrogen and oxygen atoms in total. The van der Waals surface area contributed by atoms with Crippen LogP contribution in [0.2, 0.25) is 0 Å². The van der Waals surface area contributed by atoms with Crippen molar-refractivity contribution in [1.82, 2.24) is 4.90 Å². The molecule has 1 aromatic carbocycles. The predicted molar refractivity (Wildman–Crippen MR) is 85.5 cm³/mol. The van der Waals surface area contributed by atoms with Gasteiger partial charge < -0.3 is 10.6 Å². The first-order chi connectivity index (χ1) is 10.0. The maximum atomic E-state index is 12.8. The zero-order valence-electron chi connectivity index (χ0n) is 12.6. The third kappa shape index (κ3) is 4.52. The number of hydrogen-bond donors (Lipinski definition) is 1. The third-order valence-electron chi connectivity index (χ3n) is 4.05. The minimum Gasteiger partial charge on any atom is -0.340 e. The molecule has 1 heterocycles. The van der Waals surface area contributed by atoms with Crippen LogP contribution in [0.4, 0.5) is 4.39 Å². The van der Waals surface area contributed by atoms with Gasteiger partial charge in [-0.05, 0) is 50.1 Å². The number of amides is 1. The zero-order valence-corrected chi connectivity index (χ0v) is 13.4. The van der Waals surface area contributed by atoms with Gasteiger partial charge in [-0.1, -0.05) is 0 Å². The van der Waals surface area contributed by atoms with Crippen LogP contribution in [0.5, 0.6) is 0 Å². The number of hydrogen-bond acceptors (Lipinski definition) is 3. The predicted octanol–water partition coefficient (Wildman–Crippen LogP) is 2.41. The monoisotopic (exact) mass is 328 g/mol. The van der Waals surface area contributed by atoms with Crippen LogP contribution in [-0.4, -0.2) is 35.7 Å². The molecule has 0 spiro atoms. The summed E-state index contributed by atoms with van der Waals surface area (Å²) in [6.45, 7) is 3.28. The molecule has 2 N–H and O–H groups in total. The van der Waals surface area contributed by atoms with Crippen molar-refractivity contribution in [3.63, 3.8) is 0 Å². The smallest absolute Gasteiger partial charge is 0.223 e. The molecule has 122 valence electrons. The van der Waals surface area contributed by atoms with Gasteiger partial charge in [0.15, 0.2) is 5.78 Å². The number of rotatable bonds is 5. The average molecular weight is 329 g/mol. The Morgan fingerprint density at radius 1 is 1.27 bits per heavy atom. The van der Waals surface area contributed by atoms with Gasteiger partial charge in [0.2, 0.25) is 5.91 Å². The van der Waals surface area contributed by atoms with Crippen molar-refractivity contribution in [3.05, 3.63) is 35.6 Å². The van der Waals surface area contributed by atoms with Gasteiger partial charge in [0.1, 0.15) is 5.82 Å². The molecule has 0 aromatic heterocycles. The number of halogens is 2. The highest BCUT2D eigenvalue weighted by Gasteiger charge is 2.31. The molecule has 0 bridgehead atoms. The second-order valence-corrected chi connectivity index (χ2v) is 5.66. The lowest BCUT2D eigenvalue weighted by molar-refractivity contribution is -0.131. The van der Waals surface area contributed by atoms with Crippen molar-refractivity contribution in [2.45, 2.75) is 32.2 Å². The Morgan fingerprint density at radius 2 is 1.91 bits per heavy atom. The summed E-state index contributed by atoms with van der Waals surface area (Å²) < 4.78 is 12.8. The van der Waals surface area contributed by atoms with Gasteiger partial charge in [-0.3, -0.25) is 9.59 Å². The van der Waals surface area contributed by atoms with Crippen LogP contribution in [0, 0.1) is 11.7 Å². The fourth-order valence-electron chi connectivity index (χ4n) is 2.80. The maximum Gasteiger partial charge on any atom is 0.223 e. The van der Waals surface area contributed by atoms with E-state index in [-0.39, 0.29) is 48.8 Å². The van der Waals surface area contributed by atoms with Crippen LogP contribution in [-0.2, 0) is 4.79 Å². The Bertz CT molecular complexity index is 521. The summed E-state index contributed by atoms with van der Waals surface area (Å²) in [7, 11) is 0. The molecule has 2 unspecified atom stereocenters. The van der Waals surface area contributed by atoms with E-state index in [0.29, 0.717) is 24.6 Å². The summed E-state index contributed by atoms with van der Waals surface area (Å²) in [6.07, 6.45) is 1.27. The summed E-state index contributed by atoms with van der Waals surface area (Å²) >= 11 is 0. The molecule has 1 aromatic rings. The molecule has 0 saturated carbocycles. The Hall–Kier alpha value is -1.46. The van der Waals surface area contributed by atoms with Crippen molar-refractivity contribution in [3.8, 4) is 0 Å². The molecule has 1 fully saturated rings. The minimum atomic E-state index is -0.374. The van der Waals surface area contributed by atoms with Gasteiger partial charge in [0.05, 0.1) is 0 Å². The molecule has 1 aliphatic rings. The van der Waals surface area contributed by atoms with Crippen molar-refractivity contribution in [2.75, 3.05) is 13.1 Å². The SMILES string of the molecule is CC1CC(CN)CN1C(=O)CCC(=O)c1ccc(F)cc1.Cl. The van der Waals surface area contributed by atoms with Crippen LogP contribution < -0.4 is 5.73 Å². The highest BCUT2D eigenvalue weighted by Crippen LogP contribution is 2.23. The average Bonchev–Trinajstić information content (AvgIpc) is 2.86. The first kappa shape index (κ1) is 18.6. The number of nitrogens with zero attached hydrogens (tertiary/aromatic N) is 1. The lowest BCUT2D eigenvalue weighted by Gasteiger charge is -2.21. The number of nitrogens with two attached hydrogens (primary N) is 1. The van der Waals surface area contributed by atoms with Crippen LogP contribution in [0.15, 0.2) is 24.3 Å². The summed E-state index contributed by atoms with van der Waals surface area (Å²) in [5.74, 6) is -0.155. The molecule has 0 radical (unpaired) electrons. The molecule has 0 aliphatic carbocycles. The second kappa shape index (κ2) is 8.25. The largest absolute Gasteiger partial charge is 0.340 e. The third-order valence-corrected chi connectivity index (χ3v) is 4.05. The van der Waals surface area contributed by atoms with E-state index < -0.39 is 0 Å². The second-order valence-electron chi connectivity index (χ2n) is 5.66. The molecule has 6 heteroatoms. The highest BCUT2D eigenvalue weighted by molar-refractivity contribution is 5.97. The van der Waals surface area contributed by atoms with Gasteiger partial charge >= 0.3 is 0 Å². The lowest BCUT2D eigenvalue weighted by atomic mass is 10.1. The van der Waals surface area contributed by atoms with Gasteiger partial charge in [0, 0.05) is 31.0 Å². The normalized spacial score (nSPS) is 20.6. The highest BCUT2D eigenvalue weighted by atomic mass is 35.5. The molecular formula is C16H22ClFN2O2. The lowest BCUT2D eigenvalue weighted by Crippen LogP contribution is -2.34. The summed E-state index contributed by atoms with van der Waals surface area (Å²) in [4.78, 5) is 26.0. The topological polar surface area (TPSA) is 63.4 Å². The molecule has 2 rings (SSSR count). The Balaban J connectivity index is 0.00000242. The number of Topliss-reactive ketones (excluding diaryl/α,β-unsaturated/α-hetero) is 1. The summed E-state index contributed by atoms with van der Waals surface area (Å²) in [6, 6.07) is 5.59. The van der Waals surface area contributed by atoms with E-state index in [1.54, 1.807) is 0 Å². The van der Waals surface area contributed by atoms with Gasteiger partial charge in [0.25, 0.3) is 0 Å². The number of carbonyl (C=O) groups is 2. The standard InChI is InChI=1S/C16H21FN2O2.ClH/c1-11-8-12(9-18)10-19(11)16(21)7-6-15(20)13-2-4-14(17)5-3-13;/h2-5,11-12H,6-10,18H2,1H3;1H. The van der Waals surface area contributed by atoms with E-state index >= 15 is 0 Å². The van der Waals surface area contributed by atoms with Crippen LogP contribution in [0.1, 0.15) is 36.5 Å². The van der Waals surface area contributed by atoms with Crippen LogP contribution >= 0.6 is 12.4 Å². The quantitative estimate of drug-likeness (QED) is 0.844. The Kier molecular flexibility index (Phi) is 6.97. The molecule has 1 aliphatic heterocycles. The molecule has 1 saturated heterocycles. The first-order valence-corrected chi connectivity index (χ1v) is 7.29. The zero-order chi connectivity index (χ0) is 15.4. The van der Waals surface area contributed by atoms with Gasteiger partial charge in [-0.2, -0.15) is 0 Å². The molecule has 1 amide bonds.